The van der Waals surface area contributed by atoms with Gasteiger partial charge in [0.2, 0.25) is 0 Å². The second-order valence-electron chi connectivity index (χ2n) is 7.27. The van der Waals surface area contributed by atoms with E-state index in [2.05, 4.69) is 25.7 Å². The molecule has 0 aromatic heterocycles. The summed E-state index contributed by atoms with van der Waals surface area (Å²) in [6.07, 6.45) is 2.24. The smallest absolute Gasteiger partial charge is 0.407 e. The number of alkyl halides is 1. The van der Waals surface area contributed by atoms with Crippen molar-refractivity contribution in [3.05, 3.63) is 0 Å². The SMILES string of the molecule is CC(C)(C)C1CC2CN(CCCCl)CCC2N1C(=O)O. The molecule has 0 radical (unpaired) electrons. The number of carboxylic acid groups (broad SMARTS) is 1. The predicted molar refractivity (Wildman–Crippen MR) is 81.4 cm³/mol. The molecule has 0 aromatic carbocycles. The van der Waals surface area contributed by atoms with Crippen LogP contribution in [0.5, 0.6) is 0 Å². The Morgan fingerprint density at radius 2 is 2.10 bits per heavy atom. The van der Waals surface area contributed by atoms with E-state index in [1.807, 2.05) is 0 Å². The Morgan fingerprint density at radius 1 is 1.40 bits per heavy atom. The van der Waals surface area contributed by atoms with Gasteiger partial charge in [-0.05, 0) is 37.1 Å². The summed E-state index contributed by atoms with van der Waals surface area (Å²) in [6.45, 7) is 9.51. The van der Waals surface area contributed by atoms with Crippen molar-refractivity contribution in [3.63, 3.8) is 0 Å². The molecule has 1 amide bonds. The number of halogens is 1. The van der Waals surface area contributed by atoms with Gasteiger partial charge in [-0.15, -0.1) is 11.6 Å². The molecule has 1 N–H and O–H groups in total. The Labute approximate surface area is 127 Å². The van der Waals surface area contributed by atoms with Crippen molar-refractivity contribution in [2.45, 2.75) is 52.1 Å². The molecular formula is C15H27ClN2O2. The van der Waals surface area contributed by atoms with E-state index in [0.29, 0.717) is 11.8 Å². The largest absolute Gasteiger partial charge is 0.465 e. The minimum Gasteiger partial charge on any atom is -0.465 e. The number of rotatable bonds is 3. The maximum absolute atomic E-state index is 11.7. The molecule has 5 heteroatoms. The van der Waals surface area contributed by atoms with E-state index in [1.165, 1.54) is 0 Å². The first kappa shape index (κ1) is 15.9. The fraction of sp³-hybridized carbons (Fsp3) is 0.933. The van der Waals surface area contributed by atoms with Crippen LogP contribution in [0.1, 0.15) is 40.0 Å². The van der Waals surface area contributed by atoms with Gasteiger partial charge in [0.1, 0.15) is 0 Å². The molecule has 4 nitrogen and oxygen atoms in total. The van der Waals surface area contributed by atoms with Gasteiger partial charge in [-0.25, -0.2) is 4.79 Å². The number of hydrogen-bond donors (Lipinski definition) is 1. The molecule has 2 aliphatic rings. The molecule has 2 aliphatic heterocycles. The first-order chi connectivity index (χ1) is 9.34. The molecule has 0 spiro atoms. The summed E-state index contributed by atoms with van der Waals surface area (Å²) in [5, 5.41) is 9.59. The lowest BCUT2D eigenvalue weighted by Gasteiger charge is -2.39. The number of hydrogen-bond acceptors (Lipinski definition) is 2. The van der Waals surface area contributed by atoms with Crippen molar-refractivity contribution in [1.82, 2.24) is 9.80 Å². The van der Waals surface area contributed by atoms with Gasteiger partial charge in [0.15, 0.2) is 0 Å². The van der Waals surface area contributed by atoms with Gasteiger partial charge in [-0.3, -0.25) is 0 Å². The number of piperidine rings is 1. The van der Waals surface area contributed by atoms with E-state index < -0.39 is 6.09 Å². The molecule has 3 unspecified atom stereocenters. The summed E-state index contributed by atoms with van der Waals surface area (Å²) in [5.41, 5.74) is 0.0106. The van der Waals surface area contributed by atoms with Crippen LogP contribution in [0.4, 0.5) is 4.79 Å². The quantitative estimate of drug-likeness (QED) is 0.815. The molecule has 0 aliphatic carbocycles. The Bertz CT molecular complexity index is 356. The molecule has 3 atom stereocenters. The van der Waals surface area contributed by atoms with E-state index in [0.717, 1.165) is 38.9 Å². The lowest BCUT2D eigenvalue weighted by molar-refractivity contribution is 0.0662. The van der Waals surface area contributed by atoms with E-state index >= 15 is 0 Å². The van der Waals surface area contributed by atoms with Gasteiger partial charge in [0.05, 0.1) is 0 Å². The summed E-state index contributed by atoms with van der Waals surface area (Å²) < 4.78 is 0. The van der Waals surface area contributed by atoms with Crippen LogP contribution in [0.25, 0.3) is 0 Å². The summed E-state index contributed by atoms with van der Waals surface area (Å²) >= 11 is 5.77. The zero-order chi connectivity index (χ0) is 14.9. The number of nitrogens with zero attached hydrogens (tertiary/aromatic N) is 2. The first-order valence-corrected chi connectivity index (χ1v) is 8.17. The molecule has 2 rings (SSSR count). The topological polar surface area (TPSA) is 43.8 Å². The highest BCUT2D eigenvalue weighted by Crippen LogP contribution is 2.42. The van der Waals surface area contributed by atoms with Crippen LogP contribution in [0.2, 0.25) is 0 Å². The fourth-order valence-electron chi connectivity index (χ4n) is 3.86. The van der Waals surface area contributed by atoms with Gasteiger partial charge in [0.25, 0.3) is 0 Å². The highest BCUT2D eigenvalue weighted by Gasteiger charge is 2.49. The van der Waals surface area contributed by atoms with Crippen LogP contribution >= 0.6 is 11.6 Å². The average molecular weight is 303 g/mol. The first-order valence-electron chi connectivity index (χ1n) is 7.64. The van der Waals surface area contributed by atoms with Gasteiger partial charge < -0.3 is 14.9 Å². The van der Waals surface area contributed by atoms with Crippen molar-refractivity contribution < 1.29 is 9.90 Å². The maximum atomic E-state index is 11.7. The molecule has 20 heavy (non-hydrogen) atoms. The van der Waals surface area contributed by atoms with Crippen LogP contribution in [0, 0.1) is 11.3 Å². The predicted octanol–water partition coefficient (Wildman–Crippen LogP) is 3.10. The minimum atomic E-state index is -0.744. The van der Waals surface area contributed by atoms with E-state index in [9.17, 15) is 9.90 Å². The van der Waals surface area contributed by atoms with Crippen molar-refractivity contribution in [2.24, 2.45) is 11.3 Å². The highest BCUT2D eigenvalue weighted by atomic mass is 35.5. The second-order valence-corrected chi connectivity index (χ2v) is 7.64. The van der Waals surface area contributed by atoms with Gasteiger partial charge in [-0.1, -0.05) is 20.8 Å². The van der Waals surface area contributed by atoms with Crippen LogP contribution in [0.3, 0.4) is 0 Å². The molecule has 0 aromatic rings. The van der Waals surface area contributed by atoms with Gasteiger partial charge in [0, 0.05) is 31.1 Å². The van der Waals surface area contributed by atoms with Crippen LogP contribution in [-0.2, 0) is 0 Å². The molecule has 2 heterocycles. The lowest BCUT2D eigenvalue weighted by Crippen LogP contribution is -2.50. The van der Waals surface area contributed by atoms with Crippen LogP contribution < -0.4 is 0 Å². The number of fused-ring (bicyclic) bond motifs is 1. The van der Waals surface area contributed by atoms with Crippen LogP contribution in [0.15, 0.2) is 0 Å². The molecular weight excluding hydrogens is 276 g/mol. The van der Waals surface area contributed by atoms with Gasteiger partial charge in [-0.2, -0.15) is 0 Å². The summed E-state index contributed by atoms with van der Waals surface area (Å²) in [5.74, 6) is 1.19. The summed E-state index contributed by atoms with van der Waals surface area (Å²) in [6, 6.07) is 0.354. The Kier molecular flexibility index (Phi) is 4.85. The molecule has 116 valence electrons. The molecule has 2 saturated heterocycles. The second kappa shape index (κ2) is 6.10. The van der Waals surface area contributed by atoms with Crippen molar-refractivity contribution in [1.29, 1.82) is 0 Å². The third-order valence-corrected chi connectivity index (χ3v) is 5.09. The average Bonchev–Trinajstić information content (AvgIpc) is 2.74. The minimum absolute atomic E-state index is 0.0106. The van der Waals surface area contributed by atoms with E-state index in [-0.39, 0.29) is 17.5 Å². The van der Waals surface area contributed by atoms with Crippen molar-refractivity contribution >= 4 is 17.7 Å². The Hall–Kier alpha value is -0.480. The van der Waals surface area contributed by atoms with Crippen LogP contribution in [-0.4, -0.2) is 58.6 Å². The highest BCUT2D eigenvalue weighted by molar-refractivity contribution is 6.17. The summed E-state index contributed by atoms with van der Waals surface area (Å²) in [4.78, 5) is 15.9. The number of likely N-dealkylation sites (tertiary alicyclic amines) is 2. The zero-order valence-corrected chi connectivity index (χ0v) is 13.6. The van der Waals surface area contributed by atoms with Gasteiger partial charge >= 0.3 is 6.09 Å². The molecule has 0 saturated carbocycles. The number of amides is 1. The monoisotopic (exact) mass is 302 g/mol. The number of carbonyl (C=O) groups is 1. The van der Waals surface area contributed by atoms with E-state index in [4.69, 9.17) is 11.6 Å². The Morgan fingerprint density at radius 3 is 2.65 bits per heavy atom. The van der Waals surface area contributed by atoms with Crippen molar-refractivity contribution in [2.75, 3.05) is 25.5 Å². The normalized spacial score (nSPS) is 31.4. The zero-order valence-electron chi connectivity index (χ0n) is 12.8. The molecule has 0 bridgehead atoms. The van der Waals surface area contributed by atoms with Crippen molar-refractivity contribution in [3.8, 4) is 0 Å². The third-order valence-electron chi connectivity index (χ3n) is 4.83. The third kappa shape index (κ3) is 3.22. The summed E-state index contributed by atoms with van der Waals surface area (Å²) in [7, 11) is 0. The Balaban J connectivity index is 2.07. The fourth-order valence-corrected chi connectivity index (χ4v) is 3.98. The standard InChI is InChI=1S/C15H27ClN2O2/c1-15(2,3)13-9-11-10-17(7-4-6-16)8-5-12(11)18(13)14(19)20/h11-13H,4-10H2,1-3H3,(H,19,20). The lowest BCUT2D eigenvalue weighted by atomic mass is 9.83. The maximum Gasteiger partial charge on any atom is 0.407 e. The van der Waals surface area contributed by atoms with E-state index in [1.54, 1.807) is 4.90 Å². The molecule has 2 fully saturated rings.